The highest BCUT2D eigenvalue weighted by atomic mass is 16.3. The molecule has 1 fully saturated rings. The van der Waals surface area contributed by atoms with Gasteiger partial charge in [0.1, 0.15) is 11.3 Å². The lowest BCUT2D eigenvalue weighted by Gasteiger charge is -2.07. The summed E-state index contributed by atoms with van der Waals surface area (Å²) in [4.78, 5) is 0. The average Bonchev–Trinajstić information content (AvgIpc) is 3.07. The van der Waals surface area contributed by atoms with E-state index in [1.807, 2.05) is 0 Å². The molecule has 1 aromatic carbocycles. The van der Waals surface area contributed by atoms with Crippen molar-refractivity contribution in [3.05, 3.63) is 35.1 Å². The lowest BCUT2D eigenvalue weighted by atomic mass is 9.98. The molecular formula is C16H21NO. The van der Waals surface area contributed by atoms with E-state index in [1.54, 1.807) is 0 Å². The molecule has 0 radical (unpaired) electrons. The third-order valence-corrected chi connectivity index (χ3v) is 4.03. The summed E-state index contributed by atoms with van der Waals surface area (Å²) in [6.07, 6.45) is 2.49. The Morgan fingerprint density at radius 3 is 2.61 bits per heavy atom. The zero-order valence-electron chi connectivity index (χ0n) is 11.4. The summed E-state index contributed by atoms with van der Waals surface area (Å²) in [6.45, 7) is 6.54. The second-order valence-corrected chi connectivity index (χ2v) is 5.88. The first-order valence-corrected chi connectivity index (χ1v) is 6.86. The number of benzene rings is 1. The van der Waals surface area contributed by atoms with E-state index >= 15 is 0 Å². The summed E-state index contributed by atoms with van der Waals surface area (Å²) in [5.74, 6) is 2.07. The molecule has 1 aromatic heterocycles. The molecule has 0 spiro atoms. The van der Waals surface area contributed by atoms with E-state index in [0.717, 1.165) is 11.3 Å². The molecule has 2 nitrogen and oxygen atoms in total. The molecule has 0 aliphatic heterocycles. The lowest BCUT2D eigenvalue weighted by molar-refractivity contribution is 0.464. The summed E-state index contributed by atoms with van der Waals surface area (Å²) in [5, 5.41) is 1.23. The highest BCUT2D eigenvalue weighted by Crippen LogP contribution is 2.42. The van der Waals surface area contributed by atoms with Gasteiger partial charge in [-0.3, -0.25) is 0 Å². The van der Waals surface area contributed by atoms with Crippen molar-refractivity contribution in [2.24, 2.45) is 11.7 Å². The van der Waals surface area contributed by atoms with Gasteiger partial charge in [-0.2, -0.15) is 0 Å². The fourth-order valence-electron chi connectivity index (χ4n) is 2.60. The maximum atomic E-state index is 6.25. The van der Waals surface area contributed by atoms with Crippen LogP contribution in [0.4, 0.5) is 0 Å². The second-order valence-electron chi connectivity index (χ2n) is 5.88. The molecule has 96 valence electrons. The molecule has 0 amide bonds. The Kier molecular flexibility index (Phi) is 2.70. The van der Waals surface area contributed by atoms with Gasteiger partial charge in [0.05, 0.1) is 6.04 Å². The highest BCUT2D eigenvalue weighted by molar-refractivity contribution is 5.85. The van der Waals surface area contributed by atoms with Crippen LogP contribution in [0.15, 0.2) is 22.6 Å². The van der Waals surface area contributed by atoms with E-state index in [2.05, 4.69) is 39.0 Å². The molecule has 1 unspecified atom stereocenters. The van der Waals surface area contributed by atoms with Crippen molar-refractivity contribution in [2.45, 2.75) is 45.6 Å². The van der Waals surface area contributed by atoms with Gasteiger partial charge < -0.3 is 10.2 Å². The number of hydrogen-bond donors (Lipinski definition) is 1. The van der Waals surface area contributed by atoms with E-state index in [1.165, 1.54) is 29.4 Å². The van der Waals surface area contributed by atoms with E-state index in [4.69, 9.17) is 10.2 Å². The van der Waals surface area contributed by atoms with Crippen molar-refractivity contribution >= 4 is 11.0 Å². The largest absolute Gasteiger partial charge is 0.459 e. The molecule has 1 saturated carbocycles. The topological polar surface area (TPSA) is 39.2 Å². The molecule has 18 heavy (non-hydrogen) atoms. The van der Waals surface area contributed by atoms with Crippen LogP contribution in [-0.2, 0) is 0 Å². The van der Waals surface area contributed by atoms with Crippen LogP contribution in [-0.4, -0.2) is 0 Å². The van der Waals surface area contributed by atoms with E-state index in [-0.39, 0.29) is 6.04 Å². The van der Waals surface area contributed by atoms with Gasteiger partial charge in [-0.15, -0.1) is 0 Å². The van der Waals surface area contributed by atoms with Crippen LogP contribution in [0.1, 0.15) is 55.5 Å². The Morgan fingerprint density at radius 1 is 1.28 bits per heavy atom. The van der Waals surface area contributed by atoms with Gasteiger partial charge in [0, 0.05) is 5.39 Å². The Labute approximate surface area is 108 Å². The minimum Gasteiger partial charge on any atom is -0.459 e. The van der Waals surface area contributed by atoms with Crippen LogP contribution < -0.4 is 5.73 Å². The molecular weight excluding hydrogens is 222 g/mol. The van der Waals surface area contributed by atoms with E-state index in [9.17, 15) is 0 Å². The minimum atomic E-state index is 0.0804. The predicted octanol–water partition coefficient (Wildman–Crippen LogP) is 4.27. The van der Waals surface area contributed by atoms with Crippen LogP contribution >= 0.6 is 0 Å². The zero-order valence-corrected chi connectivity index (χ0v) is 11.4. The average molecular weight is 243 g/mol. The zero-order chi connectivity index (χ0) is 12.9. The first kappa shape index (κ1) is 11.8. The Morgan fingerprint density at radius 2 is 2.00 bits per heavy atom. The van der Waals surface area contributed by atoms with Crippen molar-refractivity contribution < 1.29 is 4.42 Å². The standard InChI is InChI=1S/C16H21NO/c1-9(2)12-7-4-10(3)13-8-14(18-16(12)13)15(17)11-5-6-11/h4,7-9,11,15H,5-6,17H2,1-3H3. The van der Waals surface area contributed by atoms with Crippen molar-refractivity contribution in [3.8, 4) is 0 Å². The van der Waals surface area contributed by atoms with Crippen LogP contribution in [0.2, 0.25) is 0 Å². The molecule has 1 heterocycles. The number of rotatable bonds is 3. The Bertz CT molecular complexity index is 578. The third kappa shape index (κ3) is 1.85. The fourth-order valence-corrected chi connectivity index (χ4v) is 2.60. The predicted molar refractivity (Wildman–Crippen MR) is 74.7 cm³/mol. The van der Waals surface area contributed by atoms with Crippen LogP contribution in [0.5, 0.6) is 0 Å². The first-order chi connectivity index (χ1) is 8.58. The van der Waals surface area contributed by atoms with Crippen LogP contribution in [0, 0.1) is 12.8 Å². The number of hydrogen-bond acceptors (Lipinski definition) is 2. The summed E-state index contributed by atoms with van der Waals surface area (Å²) in [7, 11) is 0. The minimum absolute atomic E-state index is 0.0804. The second kappa shape index (κ2) is 4.13. The van der Waals surface area contributed by atoms with E-state index in [0.29, 0.717) is 11.8 Å². The van der Waals surface area contributed by atoms with Gasteiger partial charge in [-0.1, -0.05) is 26.0 Å². The lowest BCUT2D eigenvalue weighted by Crippen LogP contribution is -2.10. The van der Waals surface area contributed by atoms with E-state index < -0.39 is 0 Å². The van der Waals surface area contributed by atoms with Gasteiger partial charge in [0.15, 0.2) is 0 Å². The quantitative estimate of drug-likeness (QED) is 0.874. The molecule has 3 rings (SSSR count). The van der Waals surface area contributed by atoms with Crippen LogP contribution in [0.25, 0.3) is 11.0 Å². The first-order valence-electron chi connectivity index (χ1n) is 6.86. The monoisotopic (exact) mass is 243 g/mol. The van der Waals surface area contributed by atoms with Crippen molar-refractivity contribution in [1.29, 1.82) is 0 Å². The molecule has 2 heteroatoms. The fraction of sp³-hybridized carbons (Fsp3) is 0.500. The van der Waals surface area contributed by atoms with Gasteiger partial charge in [-0.05, 0) is 48.8 Å². The molecule has 0 saturated heterocycles. The van der Waals surface area contributed by atoms with Crippen molar-refractivity contribution in [2.75, 3.05) is 0 Å². The molecule has 2 aromatic rings. The van der Waals surface area contributed by atoms with Crippen molar-refractivity contribution in [3.63, 3.8) is 0 Å². The number of furan rings is 1. The summed E-state index contributed by atoms with van der Waals surface area (Å²) in [5.41, 5.74) is 9.84. The molecule has 2 N–H and O–H groups in total. The summed E-state index contributed by atoms with van der Waals surface area (Å²) in [6, 6.07) is 6.59. The molecule has 1 aliphatic carbocycles. The summed E-state index contributed by atoms with van der Waals surface area (Å²) < 4.78 is 6.08. The van der Waals surface area contributed by atoms with Crippen LogP contribution in [0.3, 0.4) is 0 Å². The molecule has 1 aliphatic rings. The van der Waals surface area contributed by atoms with Gasteiger partial charge in [0.2, 0.25) is 0 Å². The van der Waals surface area contributed by atoms with Gasteiger partial charge >= 0.3 is 0 Å². The highest BCUT2D eigenvalue weighted by Gasteiger charge is 2.32. The maximum Gasteiger partial charge on any atom is 0.138 e. The Hall–Kier alpha value is -1.28. The molecule has 0 bridgehead atoms. The van der Waals surface area contributed by atoms with Gasteiger partial charge in [0.25, 0.3) is 0 Å². The summed E-state index contributed by atoms with van der Waals surface area (Å²) >= 11 is 0. The third-order valence-electron chi connectivity index (χ3n) is 4.03. The van der Waals surface area contributed by atoms with Crippen molar-refractivity contribution in [1.82, 2.24) is 0 Å². The van der Waals surface area contributed by atoms with Gasteiger partial charge in [-0.25, -0.2) is 0 Å². The normalized spacial score (nSPS) is 17.6. The number of fused-ring (bicyclic) bond motifs is 1. The number of aryl methyl sites for hydroxylation is 1. The maximum absolute atomic E-state index is 6.25. The smallest absolute Gasteiger partial charge is 0.138 e. The number of nitrogens with two attached hydrogens (primary N) is 1. The Balaban J connectivity index is 2.14. The molecule has 1 atom stereocenters. The SMILES string of the molecule is Cc1ccc(C(C)C)c2oc(C(N)C3CC3)cc12.